The van der Waals surface area contributed by atoms with E-state index in [0.29, 0.717) is 5.75 Å². The van der Waals surface area contributed by atoms with Crippen LogP contribution in [0.3, 0.4) is 0 Å². The molecule has 1 amide bonds. The Bertz CT molecular complexity index is 696. The number of carbonyl (C=O) groups excluding carboxylic acids is 1. The number of para-hydroxylation sites is 2. The molecule has 0 spiro atoms. The van der Waals surface area contributed by atoms with Gasteiger partial charge in [-0.15, -0.1) is 0 Å². The number of methoxy groups -OCH3 is 1. The van der Waals surface area contributed by atoms with Crippen LogP contribution in [-0.2, 0) is 6.18 Å². The molecule has 2 aromatic carbocycles. The molecule has 22 heavy (non-hydrogen) atoms. The van der Waals surface area contributed by atoms with E-state index in [9.17, 15) is 18.0 Å². The van der Waals surface area contributed by atoms with E-state index in [1.165, 1.54) is 31.4 Å². The SMILES string of the molecule is COc1c(C)cccc1C(=O)Nc1ccccc1C(F)(F)F. The summed E-state index contributed by atoms with van der Waals surface area (Å²) in [6.45, 7) is 1.75. The van der Waals surface area contributed by atoms with Crippen molar-refractivity contribution in [1.29, 1.82) is 0 Å². The zero-order valence-corrected chi connectivity index (χ0v) is 12.0. The fourth-order valence-electron chi connectivity index (χ4n) is 2.13. The zero-order chi connectivity index (χ0) is 16.3. The Morgan fingerprint density at radius 3 is 2.41 bits per heavy atom. The maximum atomic E-state index is 12.9. The number of benzene rings is 2. The summed E-state index contributed by atoms with van der Waals surface area (Å²) in [6, 6.07) is 9.72. The molecule has 0 radical (unpaired) electrons. The van der Waals surface area contributed by atoms with Crippen LogP contribution in [0, 0.1) is 6.92 Å². The van der Waals surface area contributed by atoms with Crippen LogP contribution >= 0.6 is 0 Å². The van der Waals surface area contributed by atoms with Gasteiger partial charge in [0.1, 0.15) is 5.75 Å². The minimum absolute atomic E-state index is 0.180. The van der Waals surface area contributed by atoms with Crippen LogP contribution in [0.2, 0.25) is 0 Å². The highest BCUT2D eigenvalue weighted by molar-refractivity contribution is 6.06. The third-order valence-corrected chi connectivity index (χ3v) is 3.14. The van der Waals surface area contributed by atoms with Crippen LogP contribution in [0.5, 0.6) is 5.75 Å². The van der Waals surface area contributed by atoms with Crippen molar-refractivity contribution < 1.29 is 22.7 Å². The first-order chi connectivity index (χ1) is 10.3. The second kappa shape index (κ2) is 6.09. The Morgan fingerprint density at radius 1 is 1.09 bits per heavy atom. The number of halogens is 3. The van der Waals surface area contributed by atoms with E-state index in [0.717, 1.165) is 11.6 Å². The average molecular weight is 309 g/mol. The molecule has 0 aliphatic heterocycles. The van der Waals surface area contributed by atoms with Crippen LogP contribution < -0.4 is 10.1 Å². The molecule has 0 fully saturated rings. The van der Waals surface area contributed by atoms with E-state index in [4.69, 9.17) is 4.74 Å². The molecule has 0 bridgehead atoms. The minimum Gasteiger partial charge on any atom is -0.496 e. The van der Waals surface area contributed by atoms with Crippen LogP contribution in [-0.4, -0.2) is 13.0 Å². The summed E-state index contributed by atoms with van der Waals surface area (Å²) in [6.07, 6.45) is -4.54. The molecule has 0 heterocycles. The first kappa shape index (κ1) is 15.9. The van der Waals surface area contributed by atoms with Gasteiger partial charge in [0.2, 0.25) is 0 Å². The summed E-state index contributed by atoms with van der Waals surface area (Å²) in [7, 11) is 1.41. The van der Waals surface area contributed by atoms with Crippen LogP contribution in [0.25, 0.3) is 0 Å². The Hall–Kier alpha value is -2.50. The highest BCUT2D eigenvalue weighted by atomic mass is 19.4. The fraction of sp³-hybridized carbons (Fsp3) is 0.188. The van der Waals surface area contributed by atoms with Crippen molar-refractivity contribution in [3.8, 4) is 5.75 Å². The van der Waals surface area contributed by atoms with E-state index >= 15 is 0 Å². The predicted octanol–water partition coefficient (Wildman–Crippen LogP) is 4.27. The molecule has 0 aliphatic rings. The van der Waals surface area contributed by atoms with Gasteiger partial charge in [-0.1, -0.05) is 24.3 Å². The molecule has 3 nitrogen and oxygen atoms in total. The number of aryl methyl sites for hydroxylation is 1. The third kappa shape index (κ3) is 3.21. The van der Waals surface area contributed by atoms with E-state index < -0.39 is 17.6 Å². The molecule has 0 atom stereocenters. The van der Waals surface area contributed by atoms with Gasteiger partial charge in [0.25, 0.3) is 5.91 Å². The van der Waals surface area contributed by atoms with Gasteiger partial charge in [-0.2, -0.15) is 13.2 Å². The molecular weight excluding hydrogens is 295 g/mol. The molecule has 2 rings (SSSR count). The standard InChI is InChI=1S/C16H14F3NO2/c1-10-6-5-7-11(14(10)22-2)15(21)20-13-9-4-3-8-12(13)16(17,18)19/h3-9H,1-2H3,(H,20,21). The van der Waals surface area contributed by atoms with Gasteiger partial charge in [0, 0.05) is 0 Å². The summed E-state index contributed by atoms with van der Waals surface area (Å²) in [5.41, 5.74) is -0.280. The normalized spacial score (nSPS) is 11.1. The largest absolute Gasteiger partial charge is 0.496 e. The fourth-order valence-corrected chi connectivity index (χ4v) is 2.13. The average Bonchev–Trinajstić information content (AvgIpc) is 2.46. The second-order valence-corrected chi connectivity index (χ2v) is 4.65. The van der Waals surface area contributed by atoms with Gasteiger partial charge in [0.05, 0.1) is 23.9 Å². The Morgan fingerprint density at radius 2 is 1.77 bits per heavy atom. The van der Waals surface area contributed by atoms with Crippen molar-refractivity contribution >= 4 is 11.6 Å². The van der Waals surface area contributed by atoms with Gasteiger partial charge < -0.3 is 10.1 Å². The lowest BCUT2D eigenvalue weighted by atomic mass is 10.1. The number of nitrogens with one attached hydrogen (secondary N) is 1. The van der Waals surface area contributed by atoms with Crippen molar-refractivity contribution in [3.63, 3.8) is 0 Å². The maximum Gasteiger partial charge on any atom is 0.418 e. The third-order valence-electron chi connectivity index (χ3n) is 3.14. The smallest absolute Gasteiger partial charge is 0.418 e. The maximum absolute atomic E-state index is 12.9. The molecule has 6 heteroatoms. The van der Waals surface area contributed by atoms with Crippen molar-refractivity contribution in [2.75, 3.05) is 12.4 Å². The van der Waals surface area contributed by atoms with Gasteiger partial charge in [-0.3, -0.25) is 4.79 Å². The highest BCUT2D eigenvalue weighted by Gasteiger charge is 2.33. The molecule has 0 saturated heterocycles. The molecule has 116 valence electrons. The van der Waals surface area contributed by atoms with Crippen LogP contribution in [0.15, 0.2) is 42.5 Å². The van der Waals surface area contributed by atoms with Crippen molar-refractivity contribution in [1.82, 2.24) is 0 Å². The molecule has 0 aromatic heterocycles. The summed E-state index contributed by atoms with van der Waals surface area (Å²) in [5.74, 6) is -0.318. The number of ether oxygens (including phenoxy) is 1. The van der Waals surface area contributed by atoms with Gasteiger partial charge in [-0.25, -0.2) is 0 Å². The second-order valence-electron chi connectivity index (χ2n) is 4.65. The van der Waals surface area contributed by atoms with Crippen molar-refractivity contribution in [2.24, 2.45) is 0 Å². The molecule has 0 unspecified atom stereocenters. The number of rotatable bonds is 3. The lowest BCUT2D eigenvalue weighted by Crippen LogP contribution is -2.17. The number of hydrogen-bond acceptors (Lipinski definition) is 2. The lowest BCUT2D eigenvalue weighted by molar-refractivity contribution is -0.136. The summed E-state index contributed by atoms with van der Waals surface area (Å²) >= 11 is 0. The minimum atomic E-state index is -4.54. The number of amides is 1. The molecular formula is C16H14F3NO2. The van der Waals surface area contributed by atoms with E-state index in [2.05, 4.69) is 5.32 Å². The lowest BCUT2D eigenvalue weighted by Gasteiger charge is -2.15. The first-order valence-electron chi connectivity index (χ1n) is 6.45. The summed E-state index contributed by atoms with van der Waals surface area (Å²) < 4.78 is 44.0. The van der Waals surface area contributed by atoms with Gasteiger partial charge in [-0.05, 0) is 30.7 Å². The van der Waals surface area contributed by atoms with E-state index in [1.54, 1.807) is 19.1 Å². The number of anilines is 1. The quantitative estimate of drug-likeness (QED) is 0.919. The van der Waals surface area contributed by atoms with Crippen LogP contribution in [0.4, 0.5) is 18.9 Å². The Labute approximate surface area is 125 Å². The first-order valence-corrected chi connectivity index (χ1v) is 6.45. The summed E-state index contributed by atoms with van der Waals surface area (Å²) in [4.78, 5) is 12.3. The molecule has 0 saturated carbocycles. The number of alkyl halides is 3. The van der Waals surface area contributed by atoms with E-state index in [-0.39, 0.29) is 11.3 Å². The topological polar surface area (TPSA) is 38.3 Å². The Kier molecular flexibility index (Phi) is 4.40. The molecule has 1 N–H and O–H groups in total. The Balaban J connectivity index is 2.37. The monoisotopic (exact) mass is 309 g/mol. The molecule has 2 aromatic rings. The zero-order valence-electron chi connectivity index (χ0n) is 12.0. The van der Waals surface area contributed by atoms with Crippen LogP contribution in [0.1, 0.15) is 21.5 Å². The van der Waals surface area contributed by atoms with Crippen molar-refractivity contribution in [3.05, 3.63) is 59.2 Å². The predicted molar refractivity (Wildman–Crippen MR) is 77.1 cm³/mol. The van der Waals surface area contributed by atoms with Gasteiger partial charge >= 0.3 is 6.18 Å². The number of carbonyl (C=O) groups is 1. The molecule has 0 aliphatic carbocycles. The van der Waals surface area contributed by atoms with Gasteiger partial charge in [0.15, 0.2) is 0 Å². The number of hydrogen-bond donors (Lipinski definition) is 1. The van der Waals surface area contributed by atoms with E-state index in [1.807, 2.05) is 0 Å². The van der Waals surface area contributed by atoms with Crippen molar-refractivity contribution in [2.45, 2.75) is 13.1 Å². The summed E-state index contributed by atoms with van der Waals surface area (Å²) in [5, 5.41) is 2.30. The highest BCUT2D eigenvalue weighted by Crippen LogP contribution is 2.35.